The number of hydrogen-bond acceptors (Lipinski definition) is 3. The third kappa shape index (κ3) is 2.92. The molecule has 0 atom stereocenters. The maximum atomic E-state index is 11.7. The monoisotopic (exact) mass is 223 g/mol. The molecular weight excluding hydrogens is 206 g/mol. The van der Waals surface area contributed by atoms with Crippen LogP contribution in [0, 0.1) is 5.92 Å². The van der Waals surface area contributed by atoms with Gasteiger partial charge in [0, 0.05) is 19.2 Å². The van der Waals surface area contributed by atoms with Crippen LogP contribution in [-0.2, 0) is 11.8 Å². The number of nitrogens with one attached hydrogen (secondary N) is 1. The van der Waals surface area contributed by atoms with E-state index in [1.165, 1.54) is 4.57 Å². The Bertz CT molecular complexity index is 421. The Balaban J connectivity index is 2.77. The van der Waals surface area contributed by atoms with Crippen LogP contribution in [0.5, 0.6) is 0 Å². The first-order valence-electron chi connectivity index (χ1n) is 5.43. The van der Waals surface area contributed by atoms with E-state index in [9.17, 15) is 9.59 Å². The van der Waals surface area contributed by atoms with Crippen LogP contribution in [0.2, 0.25) is 0 Å². The zero-order valence-electron chi connectivity index (χ0n) is 9.86. The minimum Gasteiger partial charge on any atom is -0.310 e. The van der Waals surface area contributed by atoms with Gasteiger partial charge < -0.3 is 9.88 Å². The van der Waals surface area contributed by atoms with Gasteiger partial charge in [0.25, 0.3) is 0 Å². The summed E-state index contributed by atoms with van der Waals surface area (Å²) in [6.07, 6.45) is 3.15. The smallest absolute Gasteiger partial charge is 0.310 e. The quantitative estimate of drug-likeness (QED) is 0.833. The molecule has 0 unspecified atom stereocenters. The fourth-order valence-electron chi connectivity index (χ4n) is 1.42. The van der Waals surface area contributed by atoms with E-state index in [2.05, 4.69) is 10.3 Å². The predicted molar refractivity (Wildman–Crippen MR) is 62.2 cm³/mol. The first-order chi connectivity index (χ1) is 7.58. The molecule has 0 spiro atoms. The molecule has 0 aliphatic carbocycles. The molecule has 88 valence electrons. The molecule has 0 saturated heterocycles. The van der Waals surface area contributed by atoms with E-state index in [-0.39, 0.29) is 17.5 Å². The van der Waals surface area contributed by atoms with Gasteiger partial charge in [-0.25, -0.2) is 4.79 Å². The van der Waals surface area contributed by atoms with Gasteiger partial charge in [0.2, 0.25) is 5.91 Å². The highest BCUT2D eigenvalue weighted by Gasteiger charge is 2.14. The van der Waals surface area contributed by atoms with Gasteiger partial charge in [0.05, 0.1) is 0 Å². The highest BCUT2D eigenvalue weighted by atomic mass is 16.2. The SMILES string of the molecule is CCC(CC)C(=O)Nc1ccn(C)c(=O)n1. The Hall–Kier alpha value is -1.65. The van der Waals surface area contributed by atoms with Crippen LogP contribution in [0.4, 0.5) is 5.82 Å². The third-order valence-electron chi connectivity index (χ3n) is 2.58. The Morgan fingerprint density at radius 3 is 2.62 bits per heavy atom. The van der Waals surface area contributed by atoms with Crippen molar-refractivity contribution in [2.45, 2.75) is 26.7 Å². The molecule has 0 aliphatic heterocycles. The average Bonchev–Trinajstić information content (AvgIpc) is 2.25. The lowest BCUT2D eigenvalue weighted by Crippen LogP contribution is -2.26. The van der Waals surface area contributed by atoms with E-state index in [0.29, 0.717) is 5.82 Å². The zero-order valence-corrected chi connectivity index (χ0v) is 9.86. The molecule has 1 heterocycles. The number of hydrogen-bond donors (Lipinski definition) is 1. The summed E-state index contributed by atoms with van der Waals surface area (Å²) in [4.78, 5) is 26.7. The molecule has 0 fully saturated rings. The molecule has 5 nitrogen and oxygen atoms in total. The molecule has 0 saturated carbocycles. The molecule has 0 bridgehead atoms. The summed E-state index contributed by atoms with van der Waals surface area (Å²) in [5, 5.41) is 2.65. The molecule has 0 aromatic carbocycles. The molecule has 16 heavy (non-hydrogen) atoms. The van der Waals surface area contributed by atoms with E-state index >= 15 is 0 Å². The Kier molecular flexibility index (Phi) is 4.22. The van der Waals surface area contributed by atoms with Crippen molar-refractivity contribution in [1.29, 1.82) is 0 Å². The first-order valence-corrected chi connectivity index (χ1v) is 5.43. The number of carbonyl (C=O) groups is 1. The zero-order chi connectivity index (χ0) is 12.1. The van der Waals surface area contributed by atoms with Crippen molar-refractivity contribution in [1.82, 2.24) is 9.55 Å². The summed E-state index contributed by atoms with van der Waals surface area (Å²) in [7, 11) is 1.61. The van der Waals surface area contributed by atoms with Crippen molar-refractivity contribution in [3.8, 4) is 0 Å². The number of carbonyl (C=O) groups excluding carboxylic acids is 1. The van der Waals surface area contributed by atoms with E-state index in [0.717, 1.165) is 12.8 Å². The standard InChI is InChI=1S/C11H17N3O2/c1-4-8(5-2)10(15)12-9-6-7-14(3)11(16)13-9/h6-8H,4-5H2,1-3H3,(H,12,13,15,16). The van der Waals surface area contributed by atoms with E-state index < -0.39 is 0 Å². The van der Waals surface area contributed by atoms with Crippen LogP contribution in [0.3, 0.4) is 0 Å². The van der Waals surface area contributed by atoms with Crippen LogP contribution in [0.25, 0.3) is 0 Å². The molecule has 1 N–H and O–H groups in total. The van der Waals surface area contributed by atoms with Crippen molar-refractivity contribution in [2.24, 2.45) is 13.0 Å². The summed E-state index contributed by atoms with van der Waals surface area (Å²) in [5.74, 6) is 0.219. The van der Waals surface area contributed by atoms with Crippen LogP contribution < -0.4 is 11.0 Å². The van der Waals surface area contributed by atoms with E-state index in [1.54, 1.807) is 19.3 Å². The molecule has 1 amide bonds. The third-order valence-corrected chi connectivity index (χ3v) is 2.58. The van der Waals surface area contributed by atoms with Crippen LogP contribution in [-0.4, -0.2) is 15.5 Å². The summed E-state index contributed by atoms with van der Waals surface area (Å²) in [6, 6.07) is 1.61. The van der Waals surface area contributed by atoms with Gasteiger partial charge in [0.1, 0.15) is 5.82 Å². The lowest BCUT2D eigenvalue weighted by atomic mass is 10.0. The van der Waals surface area contributed by atoms with Gasteiger partial charge in [-0.15, -0.1) is 0 Å². The number of aryl methyl sites for hydroxylation is 1. The maximum Gasteiger partial charge on any atom is 0.349 e. The highest BCUT2D eigenvalue weighted by Crippen LogP contribution is 2.10. The highest BCUT2D eigenvalue weighted by molar-refractivity contribution is 5.91. The van der Waals surface area contributed by atoms with Crippen LogP contribution >= 0.6 is 0 Å². The van der Waals surface area contributed by atoms with Crippen molar-refractivity contribution < 1.29 is 4.79 Å². The second-order valence-electron chi connectivity index (χ2n) is 3.71. The van der Waals surface area contributed by atoms with Gasteiger partial charge in [-0.05, 0) is 18.9 Å². The predicted octanol–water partition coefficient (Wildman–Crippen LogP) is 1.15. The lowest BCUT2D eigenvalue weighted by Gasteiger charge is -2.11. The second-order valence-corrected chi connectivity index (χ2v) is 3.71. The van der Waals surface area contributed by atoms with E-state index in [4.69, 9.17) is 0 Å². The fraction of sp³-hybridized carbons (Fsp3) is 0.545. The van der Waals surface area contributed by atoms with Crippen LogP contribution in [0.15, 0.2) is 17.1 Å². The Morgan fingerprint density at radius 2 is 2.12 bits per heavy atom. The summed E-state index contributed by atoms with van der Waals surface area (Å²) >= 11 is 0. The molecule has 1 aromatic heterocycles. The Morgan fingerprint density at radius 1 is 1.50 bits per heavy atom. The van der Waals surface area contributed by atoms with Crippen molar-refractivity contribution in [3.05, 3.63) is 22.7 Å². The van der Waals surface area contributed by atoms with Gasteiger partial charge in [-0.3, -0.25) is 4.79 Å². The summed E-state index contributed by atoms with van der Waals surface area (Å²) in [5.41, 5.74) is -0.373. The van der Waals surface area contributed by atoms with Crippen LogP contribution in [0.1, 0.15) is 26.7 Å². The molecule has 0 aliphatic rings. The van der Waals surface area contributed by atoms with Crippen molar-refractivity contribution in [2.75, 3.05) is 5.32 Å². The number of amides is 1. The Labute approximate surface area is 94.5 Å². The topological polar surface area (TPSA) is 64.0 Å². The number of nitrogens with zero attached hydrogens (tertiary/aromatic N) is 2. The summed E-state index contributed by atoms with van der Waals surface area (Å²) in [6.45, 7) is 3.93. The number of rotatable bonds is 4. The second kappa shape index (κ2) is 5.44. The minimum atomic E-state index is -0.373. The van der Waals surface area contributed by atoms with Crippen molar-refractivity contribution in [3.63, 3.8) is 0 Å². The molecule has 5 heteroatoms. The van der Waals surface area contributed by atoms with Gasteiger partial charge in [-0.2, -0.15) is 4.98 Å². The molecular formula is C11H17N3O2. The number of aromatic nitrogens is 2. The van der Waals surface area contributed by atoms with E-state index in [1.807, 2.05) is 13.8 Å². The average molecular weight is 223 g/mol. The van der Waals surface area contributed by atoms with Gasteiger partial charge in [0.15, 0.2) is 0 Å². The molecule has 0 radical (unpaired) electrons. The molecule has 1 rings (SSSR count). The fourth-order valence-corrected chi connectivity index (χ4v) is 1.42. The van der Waals surface area contributed by atoms with Gasteiger partial charge >= 0.3 is 5.69 Å². The first kappa shape index (κ1) is 12.4. The largest absolute Gasteiger partial charge is 0.349 e. The minimum absolute atomic E-state index is 0.0224. The normalized spacial score (nSPS) is 10.5. The summed E-state index contributed by atoms with van der Waals surface area (Å²) < 4.78 is 1.35. The lowest BCUT2D eigenvalue weighted by molar-refractivity contribution is -0.120. The molecule has 1 aromatic rings. The number of anilines is 1. The van der Waals surface area contributed by atoms with Gasteiger partial charge in [-0.1, -0.05) is 13.8 Å². The maximum absolute atomic E-state index is 11.7. The van der Waals surface area contributed by atoms with Crippen molar-refractivity contribution >= 4 is 11.7 Å².